The van der Waals surface area contributed by atoms with Gasteiger partial charge in [0.1, 0.15) is 11.6 Å². The van der Waals surface area contributed by atoms with Crippen LogP contribution in [0.2, 0.25) is 0 Å². The lowest BCUT2D eigenvalue weighted by atomic mass is 10.1. The van der Waals surface area contributed by atoms with Crippen LogP contribution >= 0.6 is 11.5 Å². The summed E-state index contributed by atoms with van der Waals surface area (Å²) in [6.07, 6.45) is 3.96. The maximum atomic E-state index is 5.41. The first kappa shape index (κ1) is 18.4. The molecule has 4 heterocycles. The van der Waals surface area contributed by atoms with Crippen molar-refractivity contribution < 1.29 is 4.74 Å². The zero-order chi connectivity index (χ0) is 18.6. The number of morpholine rings is 1. The molecule has 27 heavy (non-hydrogen) atoms. The molecule has 2 saturated heterocycles. The summed E-state index contributed by atoms with van der Waals surface area (Å²) < 4.78 is 9.88. The van der Waals surface area contributed by atoms with Gasteiger partial charge in [-0.05, 0) is 18.9 Å². The Morgan fingerprint density at radius 2 is 1.89 bits per heavy atom. The van der Waals surface area contributed by atoms with E-state index in [0.717, 1.165) is 75.0 Å². The van der Waals surface area contributed by atoms with Gasteiger partial charge in [-0.25, -0.2) is 9.97 Å². The molecule has 0 atom stereocenters. The van der Waals surface area contributed by atoms with Crippen LogP contribution in [-0.2, 0) is 4.74 Å². The van der Waals surface area contributed by atoms with E-state index < -0.39 is 0 Å². The van der Waals surface area contributed by atoms with E-state index in [0.29, 0.717) is 12.0 Å². The van der Waals surface area contributed by atoms with E-state index in [2.05, 4.69) is 43.3 Å². The standard InChI is InChI=1S/C18H27N7OS/c1-13(2)16-22-18(27-23-16)25-7-4-14(5-8-25)20-15-3-6-19-17(21-15)24-9-11-26-12-10-24/h3,6,13-14H,4-5,7-12H2,1-2H3,(H,19,20,21). The van der Waals surface area contributed by atoms with E-state index in [4.69, 9.17) is 9.72 Å². The van der Waals surface area contributed by atoms with Crippen molar-refractivity contribution in [2.24, 2.45) is 0 Å². The van der Waals surface area contributed by atoms with Gasteiger partial charge in [-0.2, -0.15) is 9.36 Å². The number of piperidine rings is 1. The molecule has 0 aromatic carbocycles. The van der Waals surface area contributed by atoms with Crippen molar-refractivity contribution in [3.05, 3.63) is 18.1 Å². The second-order valence-electron chi connectivity index (χ2n) is 7.34. The molecule has 8 nitrogen and oxygen atoms in total. The van der Waals surface area contributed by atoms with Crippen molar-refractivity contribution in [3.8, 4) is 0 Å². The molecular weight excluding hydrogens is 362 g/mol. The Morgan fingerprint density at radius 1 is 1.11 bits per heavy atom. The third-order valence-electron chi connectivity index (χ3n) is 5.00. The molecule has 0 spiro atoms. The topological polar surface area (TPSA) is 79.3 Å². The Morgan fingerprint density at radius 3 is 2.59 bits per heavy atom. The maximum absolute atomic E-state index is 5.41. The van der Waals surface area contributed by atoms with Crippen LogP contribution in [-0.4, -0.2) is 64.8 Å². The average molecular weight is 390 g/mol. The summed E-state index contributed by atoms with van der Waals surface area (Å²) in [5.41, 5.74) is 0. The van der Waals surface area contributed by atoms with Crippen LogP contribution in [0, 0.1) is 0 Å². The van der Waals surface area contributed by atoms with Crippen molar-refractivity contribution in [3.63, 3.8) is 0 Å². The van der Waals surface area contributed by atoms with Crippen molar-refractivity contribution in [2.45, 2.75) is 38.6 Å². The molecule has 2 fully saturated rings. The van der Waals surface area contributed by atoms with Gasteiger partial charge in [-0.3, -0.25) is 0 Å². The average Bonchev–Trinajstić information content (AvgIpc) is 3.20. The quantitative estimate of drug-likeness (QED) is 0.835. The molecule has 0 radical (unpaired) electrons. The molecule has 2 aromatic rings. The fraction of sp³-hybridized carbons (Fsp3) is 0.667. The van der Waals surface area contributed by atoms with E-state index in [1.807, 2.05) is 12.3 Å². The highest BCUT2D eigenvalue weighted by Gasteiger charge is 2.23. The van der Waals surface area contributed by atoms with E-state index in [9.17, 15) is 0 Å². The van der Waals surface area contributed by atoms with Crippen LogP contribution in [0.15, 0.2) is 12.3 Å². The Balaban J connectivity index is 1.32. The summed E-state index contributed by atoms with van der Waals surface area (Å²) in [4.78, 5) is 18.3. The first-order chi connectivity index (χ1) is 13.2. The Hall–Kier alpha value is -2.00. The Kier molecular flexibility index (Phi) is 5.68. The smallest absolute Gasteiger partial charge is 0.227 e. The fourth-order valence-corrected chi connectivity index (χ4v) is 4.22. The number of ether oxygens (including phenoxy) is 1. The van der Waals surface area contributed by atoms with Crippen LogP contribution in [0.25, 0.3) is 0 Å². The largest absolute Gasteiger partial charge is 0.378 e. The summed E-state index contributed by atoms with van der Waals surface area (Å²) in [6, 6.07) is 2.38. The number of hydrogen-bond donors (Lipinski definition) is 1. The maximum Gasteiger partial charge on any atom is 0.227 e. The first-order valence-corrected chi connectivity index (χ1v) is 10.5. The van der Waals surface area contributed by atoms with Gasteiger partial charge in [0.2, 0.25) is 11.1 Å². The summed E-state index contributed by atoms with van der Waals surface area (Å²) in [5, 5.41) is 4.64. The second kappa shape index (κ2) is 8.35. The fourth-order valence-electron chi connectivity index (χ4n) is 3.36. The molecule has 9 heteroatoms. The van der Waals surface area contributed by atoms with Crippen molar-refractivity contribution in [1.29, 1.82) is 0 Å². The molecule has 0 aliphatic carbocycles. The monoisotopic (exact) mass is 389 g/mol. The van der Waals surface area contributed by atoms with Gasteiger partial charge in [0.05, 0.1) is 13.2 Å². The molecule has 1 N–H and O–H groups in total. The minimum Gasteiger partial charge on any atom is -0.378 e. The highest BCUT2D eigenvalue weighted by molar-refractivity contribution is 7.09. The molecule has 2 aliphatic rings. The van der Waals surface area contributed by atoms with Crippen molar-refractivity contribution >= 4 is 28.4 Å². The summed E-state index contributed by atoms with van der Waals surface area (Å²) in [7, 11) is 0. The summed E-state index contributed by atoms with van der Waals surface area (Å²) in [6.45, 7) is 9.43. The third kappa shape index (κ3) is 4.47. The number of nitrogens with zero attached hydrogens (tertiary/aromatic N) is 6. The normalized spacial score (nSPS) is 18.9. The highest BCUT2D eigenvalue weighted by atomic mass is 32.1. The van der Waals surface area contributed by atoms with Gasteiger partial charge in [0, 0.05) is 55.9 Å². The lowest BCUT2D eigenvalue weighted by Crippen LogP contribution is -2.39. The van der Waals surface area contributed by atoms with E-state index in [-0.39, 0.29) is 0 Å². The summed E-state index contributed by atoms with van der Waals surface area (Å²) in [5.74, 6) is 3.03. The number of nitrogens with one attached hydrogen (secondary N) is 1. The van der Waals surface area contributed by atoms with Crippen LogP contribution in [0.4, 0.5) is 16.9 Å². The minimum absolute atomic E-state index is 0.382. The number of aromatic nitrogens is 4. The molecular formula is C18H27N7OS. The van der Waals surface area contributed by atoms with E-state index in [1.54, 1.807) is 0 Å². The Bertz CT molecular complexity index is 739. The first-order valence-electron chi connectivity index (χ1n) is 9.70. The Labute approximate surface area is 164 Å². The predicted molar refractivity (Wildman–Crippen MR) is 108 cm³/mol. The molecule has 0 amide bonds. The molecule has 0 unspecified atom stereocenters. The van der Waals surface area contributed by atoms with Gasteiger partial charge >= 0.3 is 0 Å². The molecule has 2 aliphatic heterocycles. The predicted octanol–water partition coefficient (Wildman–Crippen LogP) is 2.37. The lowest BCUT2D eigenvalue weighted by Gasteiger charge is -2.32. The van der Waals surface area contributed by atoms with Gasteiger partial charge < -0.3 is 19.9 Å². The number of hydrogen-bond acceptors (Lipinski definition) is 9. The number of rotatable bonds is 5. The van der Waals surface area contributed by atoms with Crippen LogP contribution in [0.3, 0.4) is 0 Å². The zero-order valence-electron chi connectivity index (χ0n) is 16.0. The lowest BCUT2D eigenvalue weighted by molar-refractivity contribution is 0.122. The van der Waals surface area contributed by atoms with Gasteiger partial charge in [0.15, 0.2) is 0 Å². The van der Waals surface area contributed by atoms with Crippen molar-refractivity contribution in [2.75, 3.05) is 54.5 Å². The van der Waals surface area contributed by atoms with Crippen LogP contribution < -0.4 is 15.1 Å². The minimum atomic E-state index is 0.382. The molecule has 146 valence electrons. The van der Waals surface area contributed by atoms with E-state index in [1.165, 1.54) is 11.5 Å². The summed E-state index contributed by atoms with van der Waals surface area (Å²) >= 11 is 1.52. The van der Waals surface area contributed by atoms with Crippen LogP contribution in [0.1, 0.15) is 38.4 Å². The zero-order valence-corrected chi connectivity index (χ0v) is 16.8. The van der Waals surface area contributed by atoms with E-state index >= 15 is 0 Å². The molecule has 2 aromatic heterocycles. The number of anilines is 3. The SMILES string of the molecule is CC(C)c1nsc(N2CCC(Nc3ccnc(N4CCOCC4)n3)CC2)n1. The van der Waals surface area contributed by atoms with Crippen molar-refractivity contribution in [1.82, 2.24) is 19.3 Å². The van der Waals surface area contributed by atoms with Crippen LogP contribution in [0.5, 0.6) is 0 Å². The van der Waals surface area contributed by atoms with Gasteiger partial charge in [-0.15, -0.1) is 0 Å². The molecule has 0 saturated carbocycles. The van der Waals surface area contributed by atoms with Gasteiger partial charge in [0.25, 0.3) is 0 Å². The molecule has 0 bridgehead atoms. The molecule has 4 rings (SSSR count). The highest BCUT2D eigenvalue weighted by Crippen LogP contribution is 2.25. The van der Waals surface area contributed by atoms with Gasteiger partial charge in [-0.1, -0.05) is 13.8 Å². The third-order valence-corrected chi connectivity index (χ3v) is 5.79. The second-order valence-corrected chi connectivity index (χ2v) is 8.07.